The van der Waals surface area contributed by atoms with Gasteiger partial charge in [-0.3, -0.25) is 9.59 Å². The minimum atomic E-state index is -0.155. The predicted molar refractivity (Wildman–Crippen MR) is 105 cm³/mol. The second kappa shape index (κ2) is 7.14. The fourth-order valence-electron chi connectivity index (χ4n) is 3.92. The Morgan fingerprint density at radius 1 is 1.26 bits per heavy atom. The molecule has 2 aromatic rings. The number of hydrogen-bond acceptors (Lipinski definition) is 3. The summed E-state index contributed by atoms with van der Waals surface area (Å²) in [5, 5.41) is 7.55. The van der Waals surface area contributed by atoms with E-state index in [1.807, 2.05) is 48.0 Å². The van der Waals surface area contributed by atoms with E-state index in [0.29, 0.717) is 24.3 Å². The fourth-order valence-corrected chi connectivity index (χ4v) is 3.92. The Labute approximate surface area is 159 Å². The molecule has 1 saturated carbocycles. The number of nitrogens with zero attached hydrogens (tertiary/aromatic N) is 2. The quantitative estimate of drug-likeness (QED) is 0.832. The van der Waals surface area contributed by atoms with Gasteiger partial charge in [-0.15, -0.1) is 0 Å². The molecular formula is C22H25N3O2. The number of rotatable bonds is 6. The van der Waals surface area contributed by atoms with Crippen LogP contribution in [0.2, 0.25) is 0 Å². The molecule has 1 aromatic heterocycles. The van der Waals surface area contributed by atoms with Gasteiger partial charge in [0.05, 0.1) is 18.2 Å². The van der Waals surface area contributed by atoms with Crippen molar-refractivity contribution >= 4 is 23.1 Å². The third kappa shape index (κ3) is 3.72. The summed E-state index contributed by atoms with van der Waals surface area (Å²) in [6.07, 6.45) is 3.75. The maximum Gasteiger partial charge on any atom is 0.230 e. The van der Waals surface area contributed by atoms with E-state index in [-0.39, 0.29) is 24.2 Å². The van der Waals surface area contributed by atoms with Gasteiger partial charge in [0.15, 0.2) is 5.78 Å². The van der Waals surface area contributed by atoms with E-state index in [1.54, 1.807) is 0 Å². The first-order valence-corrected chi connectivity index (χ1v) is 9.69. The van der Waals surface area contributed by atoms with E-state index in [1.165, 1.54) is 12.8 Å². The van der Waals surface area contributed by atoms with Crippen molar-refractivity contribution in [2.24, 2.45) is 5.92 Å². The zero-order valence-electron chi connectivity index (χ0n) is 15.9. The van der Waals surface area contributed by atoms with Gasteiger partial charge in [-0.1, -0.05) is 30.3 Å². The molecule has 0 aliphatic heterocycles. The van der Waals surface area contributed by atoms with E-state index < -0.39 is 0 Å². The number of carbonyl (C=O) groups excluding carboxylic acids is 2. The third-order valence-electron chi connectivity index (χ3n) is 5.58. The number of benzene rings is 1. The van der Waals surface area contributed by atoms with Crippen LogP contribution in [0, 0.1) is 12.8 Å². The normalized spacial score (nSPS) is 18.1. The molecule has 1 atom stereocenters. The summed E-state index contributed by atoms with van der Waals surface area (Å²) in [5.74, 6) is 1.30. The molecule has 1 fully saturated rings. The second-order valence-electron chi connectivity index (χ2n) is 7.66. The predicted octanol–water partition coefficient (Wildman–Crippen LogP) is 4.31. The Bertz CT molecular complexity index is 907. The number of carbonyl (C=O) groups is 2. The van der Waals surface area contributed by atoms with Crippen molar-refractivity contribution in [3.8, 4) is 0 Å². The number of allylic oxidation sites excluding steroid dienone is 1. The highest BCUT2D eigenvalue weighted by Gasteiger charge is 2.31. The molecule has 140 valence electrons. The average molecular weight is 363 g/mol. The highest BCUT2D eigenvalue weighted by Crippen LogP contribution is 2.40. The molecule has 1 aromatic carbocycles. The van der Waals surface area contributed by atoms with Gasteiger partial charge in [-0.2, -0.15) is 5.10 Å². The van der Waals surface area contributed by atoms with Crippen molar-refractivity contribution in [1.29, 1.82) is 0 Å². The summed E-state index contributed by atoms with van der Waals surface area (Å²) in [7, 11) is 0. The Morgan fingerprint density at radius 3 is 2.70 bits per heavy atom. The van der Waals surface area contributed by atoms with Gasteiger partial charge in [0.1, 0.15) is 5.82 Å². The average Bonchev–Trinajstić information content (AvgIpc) is 3.36. The van der Waals surface area contributed by atoms with E-state index in [0.717, 1.165) is 22.6 Å². The number of anilines is 1. The van der Waals surface area contributed by atoms with Gasteiger partial charge in [0.2, 0.25) is 5.91 Å². The third-order valence-corrected chi connectivity index (χ3v) is 5.58. The molecule has 5 heteroatoms. The smallest absolute Gasteiger partial charge is 0.230 e. The topological polar surface area (TPSA) is 64.0 Å². The van der Waals surface area contributed by atoms with Crippen LogP contribution in [-0.4, -0.2) is 21.5 Å². The lowest BCUT2D eigenvalue weighted by Gasteiger charge is -2.15. The van der Waals surface area contributed by atoms with Crippen LogP contribution in [0.5, 0.6) is 0 Å². The minimum absolute atomic E-state index is 0.0834. The van der Waals surface area contributed by atoms with Crippen molar-refractivity contribution in [2.75, 3.05) is 5.32 Å². The SMILES string of the molecule is Cc1cc(NC(=O)CC2=C(c3ccccc3)CCC2=O)n(C(C)C2CC2)n1. The standard InChI is InChI=1S/C22H25N3O2/c1-14-12-21(25(24-14)15(2)16-8-9-16)23-22(27)13-19-18(10-11-20(19)26)17-6-4-3-5-7-17/h3-7,12,15-16H,8-11,13H2,1-2H3,(H,23,27). The van der Waals surface area contributed by atoms with Crippen LogP contribution in [0.15, 0.2) is 42.0 Å². The first-order chi connectivity index (χ1) is 13.0. The Kier molecular flexibility index (Phi) is 4.68. The van der Waals surface area contributed by atoms with Crippen molar-refractivity contribution in [2.45, 2.75) is 52.0 Å². The van der Waals surface area contributed by atoms with Gasteiger partial charge < -0.3 is 5.32 Å². The molecule has 4 rings (SSSR count). The lowest BCUT2D eigenvalue weighted by Crippen LogP contribution is -2.19. The van der Waals surface area contributed by atoms with Gasteiger partial charge in [-0.25, -0.2) is 4.68 Å². The van der Waals surface area contributed by atoms with Crippen LogP contribution in [0.3, 0.4) is 0 Å². The Morgan fingerprint density at radius 2 is 2.00 bits per heavy atom. The number of ketones is 1. The fraction of sp³-hybridized carbons (Fsp3) is 0.409. The molecule has 1 amide bonds. The number of amides is 1. The van der Waals surface area contributed by atoms with E-state index in [9.17, 15) is 9.59 Å². The molecule has 2 aliphatic carbocycles. The molecule has 27 heavy (non-hydrogen) atoms. The van der Waals surface area contributed by atoms with Gasteiger partial charge in [0, 0.05) is 18.1 Å². The number of aryl methyl sites for hydroxylation is 1. The highest BCUT2D eigenvalue weighted by molar-refractivity contribution is 6.11. The maximum absolute atomic E-state index is 12.7. The number of aromatic nitrogens is 2. The van der Waals surface area contributed by atoms with Crippen LogP contribution in [0.4, 0.5) is 5.82 Å². The Balaban J connectivity index is 1.53. The van der Waals surface area contributed by atoms with Crippen molar-refractivity contribution in [3.05, 3.63) is 53.2 Å². The van der Waals surface area contributed by atoms with Crippen LogP contribution < -0.4 is 5.32 Å². The van der Waals surface area contributed by atoms with E-state index >= 15 is 0 Å². The first kappa shape index (κ1) is 17.7. The number of hydrogen-bond donors (Lipinski definition) is 1. The molecule has 1 N–H and O–H groups in total. The minimum Gasteiger partial charge on any atom is -0.311 e. The van der Waals surface area contributed by atoms with Crippen LogP contribution in [0.1, 0.15) is 56.3 Å². The molecule has 0 bridgehead atoms. The first-order valence-electron chi connectivity index (χ1n) is 9.69. The number of Topliss-reactive ketones (excluding diaryl/α,β-unsaturated/α-hetero) is 1. The lowest BCUT2D eigenvalue weighted by molar-refractivity contribution is -0.119. The molecule has 2 aliphatic rings. The monoisotopic (exact) mass is 363 g/mol. The second-order valence-corrected chi connectivity index (χ2v) is 7.66. The molecular weight excluding hydrogens is 338 g/mol. The van der Waals surface area contributed by atoms with Crippen molar-refractivity contribution in [3.63, 3.8) is 0 Å². The summed E-state index contributed by atoms with van der Waals surface area (Å²) in [5.41, 5.74) is 3.58. The highest BCUT2D eigenvalue weighted by atomic mass is 16.2. The largest absolute Gasteiger partial charge is 0.311 e. The molecule has 1 unspecified atom stereocenters. The number of nitrogens with one attached hydrogen (secondary N) is 1. The van der Waals surface area contributed by atoms with Crippen molar-refractivity contribution < 1.29 is 9.59 Å². The van der Waals surface area contributed by atoms with Crippen LogP contribution >= 0.6 is 0 Å². The molecule has 0 radical (unpaired) electrons. The van der Waals surface area contributed by atoms with E-state index in [4.69, 9.17) is 0 Å². The van der Waals surface area contributed by atoms with Crippen LogP contribution in [0.25, 0.3) is 5.57 Å². The zero-order valence-corrected chi connectivity index (χ0v) is 15.9. The zero-order chi connectivity index (χ0) is 19.0. The van der Waals surface area contributed by atoms with Crippen molar-refractivity contribution in [1.82, 2.24) is 9.78 Å². The molecule has 0 saturated heterocycles. The van der Waals surface area contributed by atoms with Gasteiger partial charge in [0.25, 0.3) is 0 Å². The summed E-state index contributed by atoms with van der Waals surface area (Å²) in [4.78, 5) is 25.1. The van der Waals surface area contributed by atoms with E-state index in [2.05, 4.69) is 17.3 Å². The molecule has 0 spiro atoms. The summed E-state index contributed by atoms with van der Waals surface area (Å²) >= 11 is 0. The molecule has 5 nitrogen and oxygen atoms in total. The summed E-state index contributed by atoms with van der Waals surface area (Å²) < 4.78 is 1.92. The maximum atomic E-state index is 12.7. The summed E-state index contributed by atoms with van der Waals surface area (Å²) in [6, 6.07) is 12.1. The summed E-state index contributed by atoms with van der Waals surface area (Å²) in [6.45, 7) is 4.08. The van der Waals surface area contributed by atoms with Gasteiger partial charge >= 0.3 is 0 Å². The van der Waals surface area contributed by atoms with Crippen LogP contribution in [-0.2, 0) is 9.59 Å². The molecule has 1 heterocycles. The lowest BCUT2D eigenvalue weighted by atomic mass is 10.00. The Hall–Kier alpha value is -2.69. The van der Waals surface area contributed by atoms with Gasteiger partial charge in [-0.05, 0) is 50.2 Å².